The molecule has 0 unspecified atom stereocenters. The molecule has 1 fully saturated rings. The van der Waals surface area contributed by atoms with E-state index in [1.54, 1.807) is 0 Å². The van der Waals surface area contributed by atoms with Gasteiger partial charge in [0, 0.05) is 6.54 Å². The summed E-state index contributed by atoms with van der Waals surface area (Å²) in [6.45, 7) is 2.99. The van der Waals surface area contributed by atoms with Crippen molar-refractivity contribution in [2.24, 2.45) is 17.7 Å². The van der Waals surface area contributed by atoms with Crippen molar-refractivity contribution < 1.29 is 4.79 Å². The summed E-state index contributed by atoms with van der Waals surface area (Å²) in [7, 11) is 0. The zero-order valence-electron chi connectivity index (χ0n) is 11.9. The first kappa shape index (κ1) is 14.7. The fourth-order valence-electron chi connectivity index (χ4n) is 2.69. The molecule has 2 rings (SSSR count). The number of nitrogens with one attached hydrogen (secondary N) is 2. The third-order valence-electron chi connectivity index (χ3n) is 4.13. The number of hydrogen-bond donors (Lipinski definition) is 3. The minimum Gasteiger partial charge on any atom is -0.350 e. The Morgan fingerprint density at radius 1 is 1.25 bits per heavy atom. The average Bonchev–Trinajstić information content (AvgIpc) is 2.53. The Bertz CT molecular complexity index is 426. The Kier molecular flexibility index (Phi) is 5.29. The molecule has 0 bridgehead atoms. The fourth-order valence-corrected chi connectivity index (χ4v) is 2.69. The van der Waals surface area contributed by atoms with Crippen LogP contribution >= 0.6 is 0 Å². The first-order chi connectivity index (χ1) is 9.72. The maximum Gasteiger partial charge on any atom is 0.271 e. The summed E-state index contributed by atoms with van der Waals surface area (Å²) in [5.41, 5.74) is 2.71. The van der Waals surface area contributed by atoms with Crippen molar-refractivity contribution in [2.75, 3.05) is 12.0 Å². The summed E-state index contributed by atoms with van der Waals surface area (Å²) < 4.78 is 0. The van der Waals surface area contributed by atoms with Crippen LogP contribution in [-0.2, 0) is 0 Å². The summed E-state index contributed by atoms with van der Waals surface area (Å²) in [6, 6.07) is 0. The van der Waals surface area contributed by atoms with Gasteiger partial charge in [0.15, 0.2) is 5.82 Å². The van der Waals surface area contributed by atoms with Gasteiger partial charge < -0.3 is 10.7 Å². The number of nitrogens with zero attached hydrogens (tertiary/aromatic N) is 2. The Hall–Kier alpha value is -1.69. The molecule has 4 N–H and O–H groups in total. The molecule has 0 radical (unpaired) electrons. The summed E-state index contributed by atoms with van der Waals surface area (Å²) in [5.74, 6) is 6.95. The van der Waals surface area contributed by atoms with Gasteiger partial charge in [-0.2, -0.15) is 0 Å². The highest BCUT2D eigenvalue weighted by Gasteiger charge is 2.20. The molecule has 110 valence electrons. The zero-order valence-corrected chi connectivity index (χ0v) is 11.9. The van der Waals surface area contributed by atoms with Gasteiger partial charge in [-0.15, -0.1) is 0 Å². The van der Waals surface area contributed by atoms with Gasteiger partial charge in [-0.3, -0.25) is 4.79 Å². The Morgan fingerprint density at radius 2 is 1.95 bits per heavy atom. The number of nitrogens with two attached hydrogens (primary N) is 1. The molecule has 6 nitrogen and oxygen atoms in total. The lowest BCUT2D eigenvalue weighted by Gasteiger charge is -2.27. The molecule has 6 heteroatoms. The van der Waals surface area contributed by atoms with E-state index < -0.39 is 0 Å². The molecule has 0 saturated heterocycles. The zero-order chi connectivity index (χ0) is 14.4. The third-order valence-corrected chi connectivity index (χ3v) is 4.13. The second-order valence-electron chi connectivity index (χ2n) is 5.44. The van der Waals surface area contributed by atoms with Gasteiger partial charge in [0.2, 0.25) is 0 Å². The monoisotopic (exact) mass is 277 g/mol. The van der Waals surface area contributed by atoms with Crippen LogP contribution in [0.2, 0.25) is 0 Å². The molecule has 1 aromatic heterocycles. The van der Waals surface area contributed by atoms with E-state index in [1.165, 1.54) is 44.5 Å². The predicted octanol–water partition coefficient (Wildman–Crippen LogP) is 1.71. The van der Waals surface area contributed by atoms with Gasteiger partial charge in [0.05, 0.1) is 12.4 Å². The van der Waals surface area contributed by atoms with Crippen LogP contribution < -0.4 is 16.6 Å². The van der Waals surface area contributed by atoms with Gasteiger partial charge >= 0.3 is 0 Å². The summed E-state index contributed by atoms with van der Waals surface area (Å²) in [4.78, 5) is 19.9. The van der Waals surface area contributed by atoms with Gasteiger partial charge in [-0.05, 0) is 24.7 Å². The molecule has 0 spiro atoms. The van der Waals surface area contributed by atoms with E-state index in [-0.39, 0.29) is 5.91 Å². The minimum absolute atomic E-state index is 0.168. The van der Waals surface area contributed by atoms with Crippen molar-refractivity contribution in [3.8, 4) is 0 Å². The lowest BCUT2D eigenvalue weighted by atomic mass is 9.81. The van der Waals surface area contributed by atoms with Gasteiger partial charge in [-0.1, -0.05) is 26.2 Å². The number of carbonyl (C=O) groups excluding carboxylic acids is 1. The molecule has 0 aromatic carbocycles. The molecule has 1 saturated carbocycles. The smallest absolute Gasteiger partial charge is 0.271 e. The number of nitrogen functional groups attached to an aromatic ring is 1. The van der Waals surface area contributed by atoms with E-state index in [1.807, 2.05) is 0 Å². The number of anilines is 1. The maximum absolute atomic E-state index is 11.9. The van der Waals surface area contributed by atoms with E-state index in [4.69, 9.17) is 5.84 Å². The Labute approximate surface area is 119 Å². The maximum atomic E-state index is 11.9. The van der Waals surface area contributed by atoms with Crippen molar-refractivity contribution in [3.63, 3.8) is 0 Å². The predicted molar refractivity (Wildman–Crippen MR) is 77.9 cm³/mol. The van der Waals surface area contributed by atoms with Crippen molar-refractivity contribution in [2.45, 2.75) is 39.0 Å². The minimum atomic E-state index is -0.168. The van der Waals surface area contributed by atoms with Crippen LogP contribution in [0, 0.1) is 11.8 Å². The van der Waals surface area contributed by atoms with E-state index in [9.17, 15) is 4.79 Å². The second-order valence-corrected chi connectivity index (χ2v) is 5.44. The van der Waals surface area contributed by atoms with Gasteiger partial charge in [0.25, 0.3) is 5.91 Å². The summed E-state index contributed by atoms with van der Waals surface area (Å²) in [5, 5.41) is 2.95. The normalized spacial score (nSPS) is 22.3. The van der Waals surface area contributed by atoms with E-state index in [0.29, 0.717) is 17.4 Å². The molecular weight excluding hydrogens is 254 g/mol. The first-order valence-electron chi connectivity index (χ1n) is 7.29. The third kappa shape index (κ3) is 3.90. The van der Waals surface area contributed by atoms with Gasteiger partial charge in [0.1, 0.15) is 5.69 Å². The molecular formula is C14H23N5O. The van der Waals surface area contributed by atoms with E-state index in [2.05, 4.69) is 27.6 Å². The number of hydrazine groups is 1. The summed E-state index contributed by atoms with van der Waals surface area (Å²) in [6.07, 6.45) is 9.14. The van der Waals surface area contributed by atoms with Crippen LogP contribution in [0.3, 0.4) is 0 Å². The first-order valence-corrected chi connectivity index (χ1v) is 7.29. The topological polar surface area (TPSA) is 92.9 Å². The number of rotatable bonds is 5. The fraction of sp³-hybridized carbons (Fsp3) is 0.643. The van der Waals surface area contributed by atoms with Crippen LogP contribution in [-0.4, -0.2) is 22.4 Å². The SMILES string of the molecule is CCC1CCC(CNC(=O)c2cnc(NN)cn2)CC1. The van der Waals surface area contributed by atoms with Crippen LogP contribution in [0.5, 0.6) is 0 Å². The van der Waals surface area contributed by atoms with Crippen LogP contribution in [0.1, 0.15) is 49.5 Å². The van der Waals surface area contributed by atoms with E-state index in [0.717, 1.165) is 12.5 Å². The highest BCUT2D eigenvalue weighted by Crippen LogP contribution is 2.30. The van der Waals surface area contributed by atoms with Crippen molar-refractivity contribution in [1.29, 1.82) is 0 Å². The largest absolute Gasteiger partial charge is 0.350 e. The summed E-state index contributed by atoms with van der Waals surface area (Å²) >= 11 is 0. The number of carbonyl (C=O) groups is 1. The molecule has 0 atom stereocenters. The van der Waals surface area contributed by atoms with Crippen LogP contribution in [0.25, 0.3) is 0 Å². The number of amides is 1. The Balaban J connectivity index is 1.77. The number of aromatic nitrogens is 2. The molecule has 1 heterocycles. The quantitative estimate of drug-likeness (QED) is 0.563. The lowest BCUT2D eigenvalue weighted by Crippen LogP contribution is -2.31. The average molecular weight is 277 g/mol. The lowest BCUT2D eigenvalue weighted by molar-refractivity contribution is 0.0936. The Morgan fingerprint density at radius 3 is 2.50 bits per heavy atom. The molecule has 1 aromatic rings. The highest BCUT2D eigenvalue weighted by molar-refractivity contribution is 5.91. The number of hydrogen-bond acceptors (Lipinski definition) is 5. The van der Waals surface area contributed by atoms with E-state index >= 15 is 0 Å². The standard InChI is InChI=1S/C14H23N5O/c1-2-10-3-5-11(6-4-10)7-18-14(20)12-8-17-13(19-15)9-16-12/h8-11H,2-7,15H2,1H3,(H,17,19)(H,18,20). The molecule has 1 aliphatic rings. The van der Waals surface area contributed by atoms with Crippen LogP contribution in [0.4, 0.5) is 5.82 Å². The van der Waals surface area contributed by atoms with Gasteiger partial charge in [-0.25, -0.2) is 15.8 Å². The van der Waals surface area contributed by atoms with Crippen molar-refractivity contribution in [1.82, 2.24) is 15.3 Å². The van der Waals surface area contributed by atoms with Crippen LogP contribution in [0.15, 0.2) is 12.4 Å². The molecule has 0 aliphatic heterocycles. The molecule has 1 amide bonds. The van der Waals surface area contributed by atoms with Crippen molar-refractivity contribution in [3.05, 3.63) is 18.1 Å². The van der Waals surface area contributed by atoms with Crippen molar-refractivity contribution >= 4 is 11.7 Å². The highest BCUT2D eigenvalue weighted by atomic mass is 16.1. The second kappa shape index (κ2) is 7.19. The molecule has 1 aliphatic carbocycles. The molecule has 20 heavy (non-hydrogen) atoms.